The molecule has 0 bridgehead atoms. The molecule has 1 aromatic carbocycles. The number of hydrogen-bond acceptors (Lipinski definition) is 5. The van der Waals surface area contributed by atoms with Crippen molar-refractivity contribution in [3.05, 3.63) is 45.4 Å². The van der Waals surface area contributed by atoms with Gasteiger partial charge in [0.05, 0.1) is 10.5 Å². The smallest absolute Gasteiger partial charge is 0.273 e. The minimum Gasteiger partial charge on any atom is -0.332 e. The molecular formula is C16H18ClN3O3S2. The molecule has 0 N–H and O–H groups in total. The van der Waals surface area contributed by atoms with Crippen LogP contribution < -0.4 is 0 Å². The van der Waals surface area contributed by atoms with Crippen LogP contribution >= 0.6 is 22.9 Å². The zero-order valence-corrected chi connectivity index (χ0v) is 16.2. The highest BCUT2D eigenvalue weighted by atomic mass is 35.5. The van der Waals surface area contributed by atoms with Gasteiger partial charge in [0.2, 0.25) is 10.0 Å². The van der Waals surface area contributed by atoms with Crippen molar-refractivity contribution in [1.82, 2.24) is 14.2 Å². The Bertz CT molecular complexity index is 864. The van der Waals surface area contributed by atoms with Gasteiger partial charge in [-0.05, 0) is 25.5 Å². The van der Waals surface area contributed by atoms with Crippen molar-refractivity contribution >= 4 is 38.9 Å². The van der Waals surface area contributed by atoms with Crippen LogP contribution in [0.3, 0.4) is 0 Å². The zero-order chi connectivity index (χ0) is 18.2. The first-order valence-electron chi connectivity index (χ1n) is 7.77. The first-order chi connectivity index (χ1) is 11.8. The Morgan fingerprint density at radius 3 is 2.72 bits per heavy atom. The van der Waals surface area contributed by atoms with Crippen LogP contribution in [-0.2, 0) is 10.0 Å². The first kappa shape index (κ1) is 18.3. The molecule has 6 nitrogen and oxygen atoms in total. The lowest BCUT2D eigenvalue weighted by molar-refractivity contribution is 0.0586. The summed E-state index contributed by atoms with van der Waals surface area (Å²) in [5.41, 5.74) is 2.62. The van der Waals surface area contributed by atoms with Gasteiger partial charge in [0.15, 0.2) is 0 Å². The molecule has 0 saturated carbocycles. The van der Waals surface area contributed by atoms with E-state index in [2.05, 4.69) is 4.98 Å². The first-order valence-corrected chi connectivity index (χ1v) is 10.5. The van der Waals surface area contributed by atoms with Crippen LogP contribution in [0.15, 0.2) is 34.0 Å². The number of thiazole rings is 1. The van der Waals surface area contributed by atoms with Crippen molar-refractivity contribution in [3.8, 4) is 0 Å². The number of halogens is 1. The van der Waals surface area contributed by atoms with Gasteiger partial charge in [-0.15, -0.1) is 11.3 Å². The minimum absolute atomic E-state index is 0.142. The molecule has 3 rings (SSSR count). The molecule has 1 amide bonds. The van der Waals surface area contributed by atoms with Crippen LogP contribution in [0, 0.1) is 6.92 Å². The van der Waals surface area contributed by atoms with Crippen LogP contribution in [0.4, 0.5) is 0 Å². The molecule has 1 saturated heterocycles. The fraction of sp³-hybridized carbons (Fsp3) is 0.375. The van der Waals surface area contributed by atoms with E-state index >= 15 is 0 Å². The van der Waals surface area contributed by atoms with Crippen LogP contribution in [0.25, 0.3) is 0 Å². The Hall–Kier alpha value is -1.48. The standard InChI is InChI=1S/C16H18ClN3O3S2/c1-11-4-3-5-13(17)15(11)25(22,23)19-6-7-20(12(2)8-19)16(21)14-9-24-10-18-14/h3-5,9-10,12H,6-8H2,1-2H3/t12-/m0/s1. The van der Waals surface area contributed by atoms with Crippen LogP contribution in [-0.4, -0.2) is 54.2 Å². The van der Waals surface area contributed by atoms with Crippen molar-refractivity contribution in [2.45, 2.75) is 24.8 Å². The molecule has 1 atom stereocenters. The number of benzene rings is 1. The number of sulfonamides is 1. The number of aromatic nitrogens is 1. The summed E-state index contributed by atoms with van der Waals surface area (Å²) in [5, 5.41) is 1.92. The molecule has 0 radical (unpaired) electrons. The Balaban J connectivity index is 1.82. The molecular weight excluding hydrogens is 382 g/mol. The summed E-state index contributed by atoms with van der Waals surface area (Å²) < 4.78 is 27.4. The normalized spacial score (nSPS) is 19.2. The average Bonchev–Trinajstić information content (AvgIpc) is 3.08. The number of carbonyl (C=O) groups excluding carboxylic acids is 1. The number of rotatable bonds is 3. The molecule has 1 fully saturated rings. The second-order valence-electron chi connectivity index (χ2n) is 5.97. The van der Waals surface area contributed by atoms with Gasteiger partial charge in [-0.3, -0.25) is 4.79 Å². The quantitative estimate of drug-likeness (QED) is 0.795. The summed E-state index contributed by atoms with van der Waals surface area (Å²) in [6, 6.07) is 4.78. The summed E-state index contributed by atoms with van der Waals surface area (Å²) in [5.74, 6) is -0.167. The zero-order valence-electron chi connectivity index (χ0n) is 13.8. The topological polar surface area (TPSA) is 70.6 Å². The lowest BCUT2D eigenvalue weighted by atomic mass is 10.2. The molecule has 1 aliphatic heterocycles. The molecule has 0 spiro atoms. The number of piperazine rings is 1. The van der Waals surface area contributed by atoms with Gasteiger partial charge < -0.3 is 4.90 Å². The van der Waals surface area contributed by atoms with E-state index in [4.69, 9.17) is 11.6 Å². The van der Waals surface area contributed by atoms with E-state index in [9.17, 15) is 13.2 Å². The molecule has 0 unspecified atom stereocenters. The maximum absolute atomic E-state index is 13.0. The van der Waals surface area contributed by atoms with Crippen molar-refractivity contribution in [2.75, 3.05) is 19.6 Å². The average molecular weight is 400 g/mol. The predicted molar refractivity (Wildman–Crippen MR) is 97.6 cm³/mol. The van der Waals surface area contributed by atoms with Gasteiger partial charge in [0.1, 0.15) is 10.6 Å². The van der Waals surface area contributed by atoms with E-state index in [1.165, 1.54) is 15.6 Å². The van der Waals surface area contributed by atoms with Crippen LogP contribution in [0.1, 0.15) is 23.0 Å². The van der Waals surface area contributed by atoms with Gasteiger partial charge in [-0.2, -0.15) is 4.31 Å². The highest BCUT2D eigenvalue weighted by Crippen LogP contribution is 2.29. The Morgan fingerprint density at radius 2 is 2.12 bits per heavy atom. The van der Waals surface area contributed by atoms with Gasteiger partial charge >= 0.3 is 0 Å². The summed E-state index contributed by atoms with van der Waals surface area (Å²) in [4.78, 5) is 18.3. The lowest BCUT2D eigenvalue weighted by Gasteiger charge is -2.39. The second kappa shape index (κ2) is 7.03. The second-order valence-corrected chi connectivity index (χ2v) is 8.97. The molecule has 2 heterocycles. The number of amides is 1. The van der Waals surface area contributed by atoms with Crippen molar-refractivity contribution < 1.29 is 13.2 Å². The minimum atomic E-state index is -3.71. The molecule has 1 aliphatic rings. The van der Waals surface area contributed by atoms with Gasteiger partial charge in [0, 0.05) is 31.1 Å². The van der Waals surface area contributed by atoms with E-state index in [1.807, 2.05) is 6.92 Å². The van der Waals surface area contributed by atoms with E-state index in [0.29, 0.717) is 17.8 Å². The van der Waals surface area contributed by atoms with E-state index in [-0.39, 0.29) is 35.0 Å². The predicted octanol–water partition coefficient (Wildman–Crippen LogP) is 2.64. The Labute approximate surface area is 156 Å². The molecule has 9 heteroatoms. The third-order valence-corrected chi connectivity index (χ3v) is 7.35. The Morgan fingerprint density at radius 1 is 1.36 bits per heavy atom. The number of aryl methyl sites for hydroxylation is 1. The lowest BCUT2D eigenvalue weighted by Crippen LogP contribution is -2.55. The number of carbonyl (C=O) groups is 1. The summed E-state index contributed by atoms with van der Waals surface area (Å²) >= 11 is 7.50. The third kappa shape index (κ3) is 3.44. The number of hydrogen-bond donors (Lipinski definition) is 0. The maximum Gasteiger partial charge on any atom is 0.273 e. The molecule has 0 aliphatic carbocycles. The van der Waals surface area contributed by atoms with Gasteiger partial charge in [-0.1, -0.05) is 23.7 Å². The van der Waals surface area contributed by atoms with Gasteiger partial charge in [-0.25, -0.2) is 13.4 Å². The van der Waals surface area contributed by atoms with Crippen molar-refractivity contribution in [3.63, 3.8) is 0 Å². The van der Waals surface area contributed by atoms with E-state index in [0.717, 1.165) is 0 Å². The third-order valence-electron chi connectivity index (χ3n) is 4.26. The van der Waals surface area contributed by atoms with Crippen LogP contribution in [0.5, 0.6) is 0 Å². The van der Waals surface area contributed by atoms with Crippen molar-refractivity contribution in [1.29, 1.82) is 0 Å². The van der Waals surface area contributed by atoms with Crippen LogP contribution in [0.2, 0.25) is 5.02 Å². The van der Waals surface area contributed by atoms with E-state index in [1.54, 1.807) is 40.9 Å². The summed E-state index contributed by atoms with van der Waals surface area (Å²) in [6.45, 7) is 4.34. The molecule has 25 heavy (non-hydrogen) atoms. The maximum atomic E-state index is 13.0. The Kier molecular flexibility index (Phi) is 5.15. The highest BCUT2D eigenvalue weighted by Gasteiger charge is 2.36. The fourth-order valence-electron chi connectivity index (χ4n) is 2.98. The fourth-order valence-corrected chi connectivity index (χ4v) is 5.80. The monoisotopic (exact) mass is 399 g/mol. The highest BCUT2D eigenvalue weighted by molar-refractivity contribution is 7.89. The molecule has 2 aromatic rings. The molecule has 1 aromatic heterocycles. The molecule has 134 valence electrons. The summed E-state index contributed by atoms with van der Waals surface area (Å²) in [6.07, 6.45) is 0. The SMILES string of the molecule is Cc1cccc(Cl)c1S(=O)(=O)N1CCN(C(=O)c2cscn2)[C@@H](C)C1. The largest absolute Gasteiger partial charge is 0.332 e. The van der Waals surface area contributed by atoms with Crippen molar-refractivity contribution in [2.24, 2.45) is 0 Å². The summed E-state index contributed by atoms with van der Waals surface area (Å²) in [7, 11) is -3.71. The number of nitrogens with zero attached hydrogens (tertiary/aromatic N) is 3. The van der Waals surface area contributed by atoms with Gasteiger partial charge in [0.25, 0.3) is 5.91 Å². The van der Waals surface area contributed by atoms with E-state index < -0.39 is 10.0 Å².